The minimum absolute atomic E-state index is 0.102. The third kappa shape index (κ3) is 1.39. The van der Waals surface area contributed by atoms with E-state index in [9.17, 15) is 0 Å². The van der Waals surface area contributed by atoms with E-state index >= 15 is 0 Å². The molecule has 3 nitrogen and oxygen atoms in total. The summed E-state index contributed by atoms with van der Waals surface area (Å²) in [6.07, 6.45) is 5.20. The fraction of sp³-hybridized carbons (Fsp3) is 0.500. The molecule has 1 heterocycles. The van der Waals surface area contributed by atoms with Crippen molar-refractivity contribution < 1.29 is 9.47 Å². The van der Waals surface area contributed by atoms with Crippen molar-refractivity contribution in [1.82, 2.24) is 0 Å². The highest BCUT2D eigenvalue weighted by Crippen LogP contribution is 2.34. The van der Waals surface area contributed by atoms with E-state index in [1.54, 1.807) is 6.08 Å². The Hall–Kier alpha value is -1.11. The SMILES string of the molecule is CC1(C)OC2C=CC=C(C#N)C2O1. The van der Waals surface area contributed by atoms with Crippen molar-refractivity contribution in [2.24, 2.45) is 0 Å². The highest BCUT2D eigenvalue weighted by atomic mass is 16.7. The van der Waals surface area contributed by atoms with Gasteiger partial charge in [-0.05, 0) is 19.9 Å². The molecular weight excluding hydrogens is 166 g/mol. The minimum Gasteiger partial charge on any atom is -0.340 e. The summed E-state index contributed by atoms with van der Waals surface area (Å²) in [4.78, 5) is 0. The molecule has 0 N–H and O–H groups in total. The number of hydrogen-bond donors (Lipinski definition) is 0. The van der Waals surface area contributed by atoms with Gasteiger partial charge in [-0.25, -0.2) is 0 Å². The molecule has 2 atom stereocenters. The minimum atomic E-state index is -0.583. The van der Waals surface area contributed by atoms with Crippen LogP contribution < -0.4 is 0 Å². The van der Waals surface area contributed by atoms with Crippen LogP contribution in [-0.2, 0) is 9.47 Å². The molecule has 2 unspecified atom stereocenters. The first-order valence-corrected chi connectivity index (χ1v) is 4.26. The van der Waals surface area contributed by atoms with E-state index in [0.29, 0.717) is 5.57 Å². The van der Waals surface area contributed by atoms with Gasteiger partial charge in [0.2, 0.25) is 0 Å². The number of ether oxygens (including phenoxy) is 2. The summed E-state index contributed by atoms with van der Waals surface area (Å²) in [5.74, 6) is -0.583. The molecule has 13 heavy (non-hydrogen) atoms. The second kappa shape index (κ2) is 2.69. The Morgan fingerprint density at radius 2 is 2.23 bits per heavy atom. The summed E-state index contributed by atoms with van der Waals surface area (Å²) in [5.41, 5.74) is 0.637. The molecule has 1 aliphatic carbocycles. The Labute approximate surface area is 77.3 Å². The molecule has 0 spiro atoms. The summed E-state index contributed by atoms with van der Waals surface area (Å²) in [6.45, 7) is 3.71. The molecule has 1 aliphatic heterocycles. The quantitative estimate of drug-likeness (QED) is 0.563. The van der Waals surface area contributed by atoms with E-state index in [1.165, 1.54) is 0 Å². The van der Waals surface area contributed by atoms with E-state index in [2.05, 4.69) is 6.07 Å². The zero-order valence-electron chi connectivity index (χ0n) is 7.65. The largest absolute Gasteiger partial charge is 0.340 e. The molecule has 1 saturated heterocycles. The maximum Gasteiger partial charge on any atom is 0.164 e. The van der Waals surface area contributed by atoms with E-state index in [-0.39, 0.29) is 12.2 Å². The topological polar surface area (TPSA) is 42.2 Å². The zero-order chi connectivity index (χ0) is 9.47. The van der Waals surface area contributed by atoms with Crippen LogP contribution in [0.2, 0.25) is 0 Å². The monoisotopic (exact) mass is 177 g/mol. The fourth-order valence-electron chi connectivity index (χ4n) is 1.64. The molecule has 0 radical (unpaired) electrons. The predicted molar refractivity (Wildman–Crippen MR) is 46.7 cm³/mol. The van der Waals surface area contributed by atoms with Crippen LogP contribution in [0.15, 0.2) is 23.8 Å². The third-order valence-electron chi connectivity index (χ3n) is 2.14. The van der Waals surface area contributed by atoms with Gasteiger partial charge in [-0.1, -0.05) is 12.2 Å². The first-order chi connectivity index (χ1) is 6.12. The Morgan fingerprint density at radius 1 is 1.46 bits per heavy atom. The van der Waals surface area contributed by atoms with E-state index < -0.39 is 5.79 Å². The van der Waals surface area contributed by atoms with Crippen LogP contribution in [0.25, 0.3) is 0 Å². The van der Waals surface area contributed by atoms with E-state index in [0.717, 1.165) is 0 Å². The number of fused-ring (bicyclic) bond motifs is 1. The zero-order valence-corrected chi connectivity index (χ0v) is 7.65. The molecule has 1 fully saturated rings. The maximum absolute atomic E-state index is 8.82. The lowest BCUT2D eigenvalue weighted by molar-refractivity contribution is -0.139. The molecule has 2 rings (SSSR count). The van der Waals surface area contributed by atoms with Crippen molar-refractivity contribution in [3.8, 4) is 6.07 Å². The molecule has 0 saturated carbocycles. The van der Waals surface area contributed by atoms with Gasteiger partial charge in [-0.3, -0.25) is 0 Å². The molecule has 0 aromatic carbocycles. The molecule has 3 heteroatoms. The van der Waals surface area contributed by atoms with Crippen molar-refractivity contribution in [3.63, 3.8) is 0 Å². The van der Waals surface area contributed by atoms with Gasteiger partial charge in [-0.15, -0.1) is 0 Å². The lowest BCUT2D eigenvalue weighted by Crippen LogP contribution is -2.24. The van der Waals surface area contributed by atoms with Crippen LogP contribution >= 0.6 is 0 Å². The number of nitriles is 1. The van der Waals surface area contributed by atoms with Gasteiger partial charge in [-0.2, -0.15) is 5.26 Å². The van der Waals surface area contributed by atoms with Gasteiger partial charge in [0, 0.05) is 0 Å². The van der Waals surface area contributed by atoms with Crippen molar-refractivity contribution in [3.05, 3.63) is 23.8 Å². The first-order valence-electron chi connectivity index (χ1n) is 4.26. The van der Waals surface area contributed by atoms with Crippen LogP contribution in [0.5, 0.6) is 0 Å². The summed E-state index contributed by atoms with van der Waals surface area (Å²) < 4.78 is 11.2. The van der Waals surface area contributed by atoms with Gasteiger partial charge < -0.3 is 9.47 Å². The lowest BCUT2D eigenvalue weighted by Gasteiger charge is -2.16. The molecule has 0 aromatic rings. The number of nitrogens with zero attached hydrogens (tertiary/aromatic N) is 1. The van der Waals surface area contributed by atoms with Crippen LogP contribution in [0.1, 0.15) is 13.8 Å². The molecule has 0 bridgehead atoms. The van der Waals surface area contributed by atoms with Gasteiger partial charge in [0.1, 0.15) is 12.2 Å². The predicted octanol–water partition coefficient (Wildman–Crippen LogP) is 1.53. The molecule has 2 aliphatic rings. The average molecular weight is 177 g/mol. The second-order valence-electron chi connectivity index (χ2n) is 3.64. The van der Waals surface area contributed by atoms with Gasteiger partial charge in [0.25, 0.3) is 0 Å². The second-order valence-corrected chi connectivity index (χ2v) is 3.64. The van der Waals surface area contributed by atoms with Gasteiger partial charge in [0.05, 0.1) is 11.6 Å². The Bertz CT molecular complexity index is 322. The molecular formula is C10H11NO2. The van der Waals surface area contributed by atoms with Crippen molar-refractivity contribution in [1.29, 1.82) is 5.26 Å². The third-order valence-corrected chi connectivity index (χ3v) is 2.14. The molecule has 0 aromatic heterocycles. The van der Waals surface area contributed by atoms with Crippen molar-refractivity contribution >= 4 is 0 Å². The molecule has 0 amide bonds. The van der Waals surface area contributed by atoms with Crippen LogP contribution in [0.3, 0.4) is 0 Å². The first kappa shape index (κ1) is 8.49. The highest BCUT2D eigenvalue weighted by molar-refractivity contribution is 5.36. The molecule has 68 valence electrons. The van der Waals surface area contributed by atoms with Crippen LogP contribution in [-0.4, -0.2) is 18.0 Å². The van der Waals surface area contributed by atoms with Crippen molar-refractivity contribution in [2.45, 2.75) is 31.8 Å². The Kier molecular flexibility index (Phi) is 1.76. The fourth-order valence-corrected chi connectivity index (χ4v) is 1.64. The van der Waals surface area contributed by atoms with E-state index in [1.807, 2.05) is 26.0 Å². The van der Waals surface area contributed by atoms with Gasteiger partial charge in [0.15, 0.2) is 5.79 Å². The number of rotatable bonds is 0. The summed E-state index contributed by atoms with van der Waals surface area (Å²) in [6, 6.07) is 2.12. The number of allylic oxidation sites excluding steroid dienone is 2. The van der Waals surface area contributed by atoms with Crippen molar-refractivity contribution in [2.75, 3.05) is 0 Å². The highest BCUT2D eigenvalue weighted by Gasteiger charge is 2.42. The number of hydrogen-bond acceptors (Lipinski definition) is 3. The summed E-state index contributed by atoms with van der Waals surface area (Å²) >= 11 is 0. The smallest absolute Gasteiger partial charge is 0.164 e. The lowest BCUT2D eigenvalue weighted by atomic mass is 10.0. The Balaban J connectivity index is 2.28. The van der Waals surface area contributed by atoms with Gasteiger partial charge >= 0.3 is 0 Å². The maximum atomic E-state index is 8.82. The Morgan fingerprint density at radius 3 is 2.92 bits per heavy atom. The van der Waals surface area contributed by atoms with Crippen LogP contribution in [0.4, 0.5) is 0 Å². The van der Waals surface area contributed by atoms with E-state index in [4.69, 9.17) is 14.7 Å². The van der Waals surface area contributed by atoms with Crippen LogP contribution in [0, 0.1) is 11.3 Å². The normalized spacial score (nSPS) is 35.0. The average Bonchev–Trinajstić information content (AvgIpc) is 2.37. The summed E-state index contributed by atoms with van der Waals surface area (Å²) in [7, 11) is 0. The summed E-state index contributed by atoms with van der Waals surface area (Å²) in [5, 5.41) is 8.82. The standard InChI is InChI=1S/C10H11NO2/c1-10(2)12-8-5-3-4-7(6-11)9(8)13-10/h3-5,8-9H,1-2H3.